The summed E-state index contributed by atoms with van der Waals surface area (Å²) in [4.78, 5) is 22.2. The molecule has 6 nitrogen and oxygen atoms in total. The fraction of sp³-hybridized carbons (Fsp3) is 0.438. The molecule has 1 atom stereocenters. The van der Waals surface area contributed by atoms with E-state index >= 15 is 4.39 Å². The largest absolute Gasteiger partial charge is 0.383 e. The number of hydrogen-bond acceptors (Lipinski definition) is 5. The number of aromatic nitrogens is 1. The van der Waals surface area contributed by atoms with Crippen molar-refractivity contribution in [3.05, 3.63) is 82.5 Å². The molecule has 0 radical (unpaired) electrons. The van der Waals surface area contributed by atoms with Crippen molar-refractivity contribution in [2.45, 2.75) is 51.7 Å². The number of amides is 1. The lowest BCUT2D eigenvalue weighted by atomic mass is 9.85. The zero-order valence-electron chi connectivity index (χ0n) is 23.8. The van der Waals surface area contributed by atoms with Gasteiger partial charge in [0, 0.05) is 70.0 Å². The van der Waals surface area contributed by atoms with Crippen molar-refractivity contribution >= 4 is 11.7 Å². The van der Waals surface area contributed by atoms with E-state index in [4.69, 9.17) is 10.5 Å². The lowest BCUT2D eigenvalue weighted by molar-refractivity contribution is 0.0421. The standard InChI is InChI=1S/C32H41FN4O2/c1-6-24-19-22(2)28(20-29(24)26-9-12-30(35-21-26)36(4)17-18-39-5)31(38)37-15-13-32(33,14-16-37)27-10-7-25(8-11-27)23(3)34/h7-12,19-21,23H,6,13-18,34H2,1-5H3. The molecule has 0 saturated carbocycles. The van der Waals surface area contributed by atoms with Crippen LogP contribution in [0.25, 0.3) is 11.1 Å². The molecule has 1 saturated heterocycles. The Hall–Kier alpha value is -3.29. The highest BCUT2D eigenvalue weighted by atomic mass is 19.1. The van der Waals surface area contributed by atoms with Crippen LogP contribution >= 0.6 is 0 Å². The normalized spacial score (nSPS) is 15.7. The van der Waals surface area contributed by atoms with E-state index in [-0.39, 0.29) is 24.8 Å². The van der Waals surface area contributed by atoms with Gasteiger partial charge in [-0.05, 0) is 66.3 Å². The summed E-state index contributed by atoms with van der Waals surface area (Å²) in [7, 11) is 3.67. The Kier molecular flexibility index (Phi) is 9.03. The molecule has 1 amide bonds. The third-order valence-corrected chi connectivity index (χ3v) is 7.94. The summed E-state index contributed by atoms with van der Waals surface area (Å²) in [5, 5.41) is 0. The van der Waals surface area contributed by atoms with Gasteiger partial charge in [0.1, 0.15) is 11.5 Å². The number of rotatable bonds is 9. The number of hydrogen-bond donors (Lipinski definition) is 1. The first-order chi connectivity index (χ1) is 18.7. The predicted octanol–water partition coefficient (Wildman–Crippen LogP) is 5.82. The lowest BCUT2D eigenvalue weighted by Crippen LogP contribution is -2.43. The Morgan fingerprint density at radius 1 is 1.18 bits per heavy atom. The van der Waals surface area contributed by atoms with Gasteiger partial charge in [-0.3, -0.25) is 4.79 Å². The summed E-state index contributed by atoms with van der Waals surface area (Å²) in [6, 6.07) is 15.5. The highest BCUT2D eigenvalue weighted by Crippen LogP contribution is 2.38. The van der Waals surface area contributed by atoms with Gasteiger partial charge in [-0.15, -0.1) is 0 Å². The molecule has 2 heterocycles. The topological polar surface area (TPSA) is 71.7 Å². The molecular formula is C32H41FN4O2. The summed E-state index contributed by atoms with van der Waals surface area (Å²) < 4.78 is 21.1. The minimum atomic E-state index is -1.44. The van der Waals surface area contributed by atoms with Crippen LogP contribution < -0.4 is 10.6 Å². The number of ether oxygens (including phenoxy) is 1. The predicted molar refractivity (Wildman–Crippen MR) is 156 cm³/mol. The quantitative estimate of drug-likeness (QED) is 0.376. The van der Waals surface area contributed by atoms with E-state index in [9.17, 15) is 4.79 Å². The number of carbonyl (C=O) groups excluding carboxylic acids is 1. The molecule has 1 aliphatic heterocycles. The maximum atomic E-state index is 15.9. The van der Waals surface area contributed by atoms with Crippen LogP contribution in [-0.2, 0) is 16.8 Å². The number of nitrogens with zero attached hydrogens (tertiary/aromatic N) is 3. The highest BCUT2D eigenvalue weighted by molar-refractivity contribution is 5.97. The van der Waals surface area contributed by atoms with E-state index in [1.54, 1.807) is 12.0 Å². The number of likely N-dealkylation sites (N-methyl/N-ethyl adjacent to an activating group) is 1. The molecule has 4 rings (SSSR count). The summed E-state index contributed by atoms with van der Waals surface area (Å²) in [6.07, 6.45) is 3.26. The Balaban J connectivity index is 1.52. The summed E-state index contributed by atoms with van der Waals surface area (Å²) in [6.45, 7) is 8.14. The fourth-order valence-corrected chi connectivity index (χ4v) is 5.28. The second kappa shape index (κ2) is 12.3. The first kappa shape index (κ1) is 28.7. The second-order valence-electron chi connectivity index (χ2n) is 10.7. The smallest absolute Gasteiger partial charge is 0.254 e. The van der Waals surface area contributed by atoms with E-state index in [1.807, 2.05) is 68.4 Å². The molecule has 1 unspecified atom stereocenters. The maximum absolute atomic E-state index is 15.9. The van der Waals surface area contributed by atoms with E-state index in [0.717, 1.165) is 41.0 Å². The monoisotopic (exact) mass is 532 g/mol. The van der Waals surface area contributed by atoms with Gasteiger partial charge in [0.2, 0.25) is 0 Å². The third-order valence-electron chi connectivity index (χ3n) is 7.94. The van der Waals surface area contributed by atoms with Gasteiger partial charge < -0.3 is 20.3 Å². The highest BCUT2D eigenvalue weighted by Gasteiger charge is 2.38. The Labute approximate surface area is 232 Å². The number of piperidine rings is 1. The maximum Gasteiger partial charge on any atom is 0.254 e. The van der Waals surface area contributed by atoms with Crippen LogP contribution in [0.5, 0.6) is 0 Å². The first-order valence-electron chi connectivity index (χ1n) is 13.8. The lowest BCUT2D eigenvalue weighted by Gasteiger charge is -2.37. The summed E-state index contributed by atoms with van der Waals surface area (Å²) in [5.74, 6) is 0.821. The van der Waals surface area contributed by atoms with E-state index < -0.39 is 5.67 Å². The van der Waals surface area contributed by atoms with Crippen LogP contribution in [0.4, 0.5) is 10.2 Å². The summed E-state index contributed by atoms with van der Waals surface area (Å²) in [5.41, 5.74) is 10.9. The molecule has 3 aromatic rings. The van der Waals surface area contributed by atoms with Crippen LogP contribution in [0.3, 0.4) is 0 Å². The molecule has 0 spiro atoms. The minimum Gasteiger partial charge on any atom is -0.383 e. The zero-order valence-corrected chi connectivity index (χ0v) is 23.8. The van der Waals surface area contributed by atoms with Crippen LogP contribution in [0.2, 0.25) is 0 Å². The van der Waals surface area contributed by atoms with Crippen molar-refractivity contribution in [1.29, 1.82) is 0 Å². The molecule has 1 fully saturated rings. The molecule has 7 heteroatoms. The SMILES string of the molecule is CCc1cc(C)c(C(=O)N2CCC(F)(c3ccc(C(C)N)cc3)CC2)cc1-c1ccc(N(C)CCOC)nc1. The minimum absolute atomic E-state index is 0.0466. The van der Waals surface area contributed by atoms with Crippen molar-refractivity contribution in [1.82, 2.24) is 9.88 Å². The van der Waals surface area contributed by atoms with Crippen molar-refractivity contribution in [3.63, 3.8) is 0 Å². The van der Waals surface area contributed by atoms with Gasteiger partial charge >= 0.3 is 0 Å². The Morgan fingerprint density at radius 3 is 2.44 bits per heavy atom. The molecule has 0 bridgehead atoms. The average molecular weight is 533 g/mol. The fourth-order valence-electron chi connectivity index (χ4n) is 5.28. The number of carbonyl (C=O) groups is 1. The van der Waals surface area contributed by atoms with Gasteiger partial charge in [0.15, 0.2) is 0 Å². The van der Waals surface area contributed by atoms with Gasteiger partial charge in [0.05, 0.1) is 6.61 Å². The second-order valence-corrected chi connectivity index (χ2v) is 10.7. The molecular weight excluding hydrogens is 491 g/mol. The van der Waals surface area contributed by atoms with Crippen LogP contribution in [0, 0.1) is 6.92 Å². The zero-order chi connectivity index (χ0) is 28.2. The van der Waals surface area contributed by atoms with E-state index in [0.29, 0.717) is 30.8 Å². The Bertz CT molecular complexity index is 1270. The molecule has 208 valence electrons. The van der Waals surface area contributed by atoms with Crippen LogP contribution in [-0.4, -0.2) is 56.2 Å². The number of halogens is 1. The molecule has 1 aliphatic rings. The van der Waals surface area contributed by atoms with Crippen molar-refractivity contribution in [2.24, 2.45) is 5.73 Å². The van der Waals surface area contributed by atoms with Crippen LogP contribution in [0.15, 0.2) is 54.7 Å². The molecule has 2 aromatic carbocycles. The molecule has 39 heavy (non-hydrogen) atoms. The third kappa shape index (κ3) is 6.31. The van der Waals surface area contributed by atoms with Gasteiger partial charge in [-0.1, -0.05) is 37.3 Å². The number of anilines is 1. The average Bonchev–Trinajstić information content (AvgIpc) is 2.96. The summed E-state index contributed by atoms with van der Waals surface area (Å²) >= 11 is 0. The van der Waals surface area contributed by atoms with Crippen molar-refractivity contribution in [3.8, 4) is 11.1 Å². The Morgan fingerprint density at radius 2 is 1.87 bits per heavy atom. The number of nitrogens with two attached hydrogens (primary N) is 1. The number of pyridine rings is 1. The molecule has 0 aliphatic carbocycles. The number of aryl methyl sites for hydroxylation is 2. The molecule has 2 N–H and O–H groups in total. The van der Waals surface area contributed by atoms with E-state index in [2.05, 4.69) is 24.0 Å². The van der Waals surface area contributed by atoms with Crippen molar-refractivity contribution in [2.75, 3.05) is 45.3 Å². The molecule has 1 aromatic heterocycles. The van der Waals surface area contributed by atoms with E-state index in [1.165, 1.54) is 5.56 Å². The number of benzene rings is 2. The van der Waals surface area contributed by atoms with Crippen LogP contribution in [0.1, 0.15) is 65.3 Å². The van der Waals surface area contributed by atoms with Crippen molar-refractivity contribution < 1.29 is 13.9 Å². The van der Waals surface area contributed by atoms with Gasteiger partial charge in [0.25, 0.3) is 5.91 Å². The van der Waals surface area contributed by atoms with Gasteiger partial charge in [-0.25, -0.2) is 9.37 Å². The number of methoxy groups -OCH3 is 1. The number of alkyl halides is 1. The first-order valence-corrected chi connectivity index (χ1v) is 13.8. The number of likely N-dealkylation sites (tertiary alicyclic amines) is 1. The van der Waals surface area contributed by atoms with Gasteiger partial charge in [-0.2, -0.15) is 0 Å².